The highest BCUT2D eigenvalue weighted by molar-refractivity contribution is 5.29. The molecule has 1 aromatic carbocycles. The van der Waals surface area contributed by atoms with E-state index in [2.05, 4.69) is 60.6 Å². The zero-order chi connectivity index (χ0) is 14.5. The van der Waals surface area contributed by atoms with E-state index in [4.69, 9.17) is 4.42 Å². The molecule has 0 spiro atoms. The van der Waals surface area contributed by atoms with Crippen molar-refractivity contribution in [1.82, 2.24) is 15.5 Å². The lowest BCUT2D eigenvalue weighted by Gasteiger charge is -2.14. The Morgan fingerprint density at radius 2 is 2.10 bits per heavy atom. The van der Waals surface area contributed by atoms with E-state index in [1.54, 1.807) is 0 Å². The van der Waals surface area contributed by atoms with Crippen molar-refractivity contribution in [1.29, 1.82) is 0 Å². The lowest BCUT2D eigenvalue weighted by atomic mass is 10.1. The Bertz CT molecular complexity index is 550. The summed E-state index contributed by atoms with van der Waals surface area (Å²) in [7, 11) is 1.95. The summed E-state index contributed by atoms with van der Waals surface area (Å²) in [4.78, 5) is 1.96. The smallest absolute Gasteiger partial charge is 0.318 e. The van der Waals surface area contributed by atoms with Gasteiger partial charge in [0.25, 0.3) is 0 Å². The number of nitrogens with zero attached hydrogens (tertiary/aromatic N) is 3. The molecule has 0 bridgehead atoms. The van der Waals surface area contributed by atoms with Gasteiger partial charge >= 0.3 is 6.01 Å². The molecular formula is C15H22N4O. The Labute approximate surface area is 120 Å². The lowest BCUT2D eigenvalue weighted by molar-refractivity contribution is 0.449. The van der Waals surface area contributed by atoms with Crippen LogP contribution in [0.25, 0.3) is 0 Å². The molecule has 5 heteroatoms. The molecule has 0 amide bonds. The van der Waals surface area contributed by atoms with Gasteiger partial charge in [-0.1, -0.05) is 48.8 Å². The molecule has 2 aromatic rings. The van der Waals surface area contributed by atoms with Crippen molar-refractivity contribution in [3.63, 3.8) is 0 Å². The van der Waals surface area contributed by atoms with Crippen LogP contribution in [0, 0.1) is 6.92 Å². The standard InChI is InChI=1S/C15H22N4O/c1-11(2)16-9-14-17-18-15(20-14)19(4)10-13-7-5-6-12(3)8-13/h5-8,11,16H,9-10H2,1-4H3. The molecule has 0 atom stereocenters. The van der Waals surface area contributed by atoms with E-state index in [1.165, 1.54) is 11.1 Å². The molecule has 1 heterocycles. The summed E-state index contributed by atoms with van der Waals surface area (Å²) in [6.45, 7) is 7.61. The van der Waals surface area contributed by atoms with Crippen molar-refractivity contribution in [2.24, 2.45) is 0 Å². The maximum Gasteiger partial charge on any atom is 0.318 e. The van der Waals surface area contributed by atoms with Crippen LogP contribution in [0.1, 0.15) is 30.9 Å². The van der Waals surface area contributed by atoms with Gasteiger partial charge in [-0.15, -0.1) is 5.10 Å². The maximum atomic E-state index is 5.64. The second kappa shape index (κ2) is 6.52. The largest absolute Gasteiger partial charge is 0.407 e. The van der Waals surface area contributed by atoms with Crippen LogP contribution in [0.15, 0.2) is 28.7 Å². The van der Waals surface area contributed by atoms with Gasteiger partial charge in [0.1, 0.15) is 0 Å². The van der Waals surface area contributed by atoms with Crippen molar-refractivity contribution in [2.45, 2.75) is 39.9 Å². The second-order valence-electron chi connectivity index (χ2n) is 5.36. The maximum absolute atomic E-state index is 5.64. The summed E-state index contributed by atoms with van der Waals surface area (Å²) >= 11 is 0. The highest BCUT2D eigenvalue weighted by Gasteiger charge is 2.11. The van der Waals surface area contributed by atoms with Gasteiger partial charge in [-0.2, -0.15) is 0 Å². The second-order valence-corrected chi connectivity index (χ2v) is 5.36. The summed E-state index contributed by atoms with van der Waals surface area (Å²) in [5.41, 5.74) is 2.48. The third-order valence-electron chi connectivity index (χ3n) is 2.95. The molecule has 0 saturated carbocycles. The van der Waals surface area contributed by atoms with E-state index in [0.717, 1.165) is 6.54 Å². The molecule has 0 saturated heterocycles. The molecule has 1 aromatic heterocycles. The van der Waals surface area contributed by atoms with Crippen molar-refractivity contribution < 1.29 is 4.42 Å². The Hall–Kier alpha value is -1.88. The fourth-order valence-corrected chi connectivity index (χ4v) is 1.91. The normalized spacial score (nSPS) is 11.1. The first-order chi connectivity index (χ1) is 9.54. The van der Waals surface area contributed by atoms with Gasteiger partial charge in [-0.25, -0.2) is 0 Å². The minimum Gasteiger partial charge on any atom is -0.407 e. The Morgan fingerprint density at radius 1 is 1.30 bits per heavy atom. The SMILES string of the molecule is Cc1cccc(CN(C)c2nnc(CNC(C)C)o2)c1. The monoisotopic (exact) mass is 274 g/mol. The molecule has 0 aliphatic heterocycles. The third kappa shape index (κ3) is 4.06. The molecule has 0 aliphatic rings. The number of nitrogens with one attached hydrogen (secondary N) is 1. The van der Waals surface area contributed by atoms with Crippen LogP contribution in [0.3, 0.4) is 0 Å². The van der Waals surface area contributed by atoms with Crippen LogP contribution in [0.4, 0.5) is 6.01 Å². The van der Waals surface area contributed by atoms with Gasteiger partial charge in [-0.05, 0) is 12.5 Å². The van der Waals surface area contributed by atoms with Gasteiger partial charge in [-0.3, -0.25) is 0 Å². The highest BCUT2D eigenvalue weighted by Crippen LogP contribution is 2.14. The third-order valence-corrected chi connectivity index (χ3v) is 2.95. The van der Waals surface area contributed by atoms with E-state index in [1.807, 2.05) is 11.9 Å². The van der Waals surface area contributed by atoms with Crippen LogP contribution in [0.5, 0.6) is 0 Å². The number of rotatable bonds is 6. The molecule has 20 heavy (non-hydrogen) atoms. The fourth-order valence-electron chi connectivity index (χ4n) is 1.91. The summed E-state index contributed by atoms with van der Waals surface area (Å²) in [6.07, 6.45) is 0. The quantitative estimate of drug-likeness (QED) is 0.877. The summed E-state index contributed by atoms with van der Waals surface area (Å²) in [6, 6.07) is 9.35. The number of benzene rings is 1. The van der Waals surface area contributed by atoms with Gasteiger partial charge in [0.2, 0.25) is 5.89 Å². The Kier molecular flexibility index (Phi) is 4.74. The van der Waals surface area contributed by atoms with E-state index in [-0.39, 0.29) is 0 Å². The van der Waals surface area contributed by atoms with Crippen molar-refractivity contribution in [2.75, 3.05) is 11.9 Å². The lowest BCUT2D eigenvalue weighted by Crippen LogP contribution is -2.22. The number of aryl methyl sites for hydroxylation is 1. The number of hydrogen-bond acceptors (Lipinski definition) is 5. The average Bonchev–Trinajstić information content (AvgIpc) is 2.85. The number of aromatic nitrogens is 2. The van der Waals surface area contributed by atoms with Gasteiger partial charge < -0.3 is 14.6 Å². The molecular weight excluding hydrogens is 252 g/mol. The van der Waals surface area contributed by atoms with Crippen molar-refractivity contribution in [3.05, 3.63) is 41.3 Å². The van der Waals surface area contributed by atoms with Crippen LogP contribution < -0.4 is 10.2 Å². The molecule has 0 aliphatic carbocycles. The molecule has 108 valence electrons. The van der Waals surface area contributed by atoms with E-state index in [0.29, 0.717) is 24.5 Å². The van der Waals surface area contributed by atoms with Crippen molar-refractivity contribution in [3.8, 4) is 0 Å². The zero-order valence-electron chi connectivity index (χ0n) is 12.6. The summed E-state index contributed by atoms with van der Waals surface area (Å²) < 4.78 is 5.64. The molecule has 1 N–H and O–H groups in total. The van der Waals surface area contributed by atoms with E-state index in [9.17, 15) is 0 Å². The first-order valence-corrected chi connectivity index (χ1v) is 6.87. The highest BCUT2D eigenvalue weighted by atomic mass is 16.4. The first-order valence-electron chi connectivity index (χ1n) is 6.87. The molecule has 2 rings (SSSR count). The molecule has 0 radical (unpaired) electrons. The van der Waals surface area contributed by atoms with Crippen LogP contribution >= 0.6 is 0 Å². The molecule has 0 unspecified atom stereocenters. The van der Waals surface area contributed by atoms with Crippen LogP contribution in [-0.4, -0.2) is 23.3 Å². The zero-order valence-corrected chi connectivity index (χ0v) is 12.6. The van der Waals surface area contributed by atoms with E-state index < -0.39 is 0 Å². The van der Waals surface area contributed by atoms with Gasteiger partial charge in [0, 0.05) is 19.6 Å². The fraction of sp³-hybridized carbons (Fsp3) is 0.467. The van der Waals surface area contributed by atoms with E-state index >= 15 is 0 Å². The molecule has 0 fully saturated rings. The number of hydrogen-bond donors (Lipinski definition) is 1. The Balaban J connectivity index is 1.97. The minimum atomic E-state index is 0.398. The predicted molar refractivity (Wildman–Crippen MR) is 79.6 cm³/mol. The summed E-state index contributed by atoms with van der Waals surface area (Å²) in [5, 5.41) is 11.4. The topological polar surface area (TPSA) is 54.2 Å². The van der Waals surface area contributed by atoms with Gasteiger partial charge in [0.15, 0.2) is 0 Å². The number of anilines is 1. The summed E-state index contributed by atoms with van der Waals surface area (Å²) in [5.74, 6) is 0.616. The van der Waals surface area contributed by atoms with Crippen LogP contribution in [-0.2, 0) is 13.1 Å². The first kappa shape index (κ1) is 14.5. The Morgan fingerprint density at radius 3 is 2.80 bits per heavy atom. The predicted octanol–water partition coefficient (Wildman–Crippen LogP) is 2.51. The molecule has 5 nitrogen and oxygen atoms in total. The average molecular weight is 274 g/mol. The minimum absolute atomic E-state index is 0.398. The van der Waals surface area contributed by atoms with Crippen molar-refractivity contribution >= 4 is 6.01 Å². The van der Waals surface area contributed by atoms with Crippen LogP contribution in [0.2, 0.25) is 0 Å². The van der Waals surface area contributed by atoms with Gasteiger partial charge in [0.05, 0.1) is 6.54 Å².